The molecular weight excluding hydrogens is 268 g/mol. The monoisotopic (exact) mass is 296 g/mol. The summed E-state index contributed by atoms with van der Waals surface area (Å²) in [6, 6.07) is 0.662. The molecule has 0 bridgehead atoms. The normalized spacial score (nSPS) is 19.9. The number of aromatic nitrogens is 1. The van der Waals surface area contributed by atoms with E-state index >= 15 is 0 Å². The molecule has 1 N–H and O–H groups in total. The van der Waals surface area contributed by atoms with E-state index < -0.39 is 0 Å². The maximum atomic E-state index is 4.88. The lowest BCUT2D eigenvalue weighted by Crippen LogP contribution is -2.45. The molecule has 20 heavy (non-hydrogen) atoms. The predicted molar refractivity (Wildman–Crippen MR) is 87.8 cm³/mol. The number of hydrogen-bond acceptors (Lipinski definition) is 5. The number of aryl methyl sites for hydroxylation is 1. The number of likely N-dealkylation sites (N-methyl/N-ethyl adjacent to an activating group) is 1. The van der Waals surface area contributed by atoms with Gasteiger partial charge in [0, 0.05) is 30.6 Å². The van der Waals surface area contributed by atoms with E-state index in [0.717, 1.165) is 32.6 Å². The number of rotatable bonds is 6. The van der Waals surface area contributed by atoms with Gasteiger partial charge in [0.25, 0.3) is 0 Å². The van der Waals surface area contributed by atoms with Gasteiger partial charge >= 0.3 is 0 Å². The van der Waals surface area contributed by atoms with E-state index in [1.54, 1.807) is 0 Å². The van der Waals surface area contributed by atoms with Crippen molar-refractivity contribution in [1.29, 1.82) is 0 Å². The van der Waals surface area contributed by atoms with Gasteiger partial charge in [-0.05, 0) is 39.9 Å². The summed E-state index contributed by atoms with van der Waals surface area (Å²) < 4.78 is 0. The highest BCUT2D eigenvalue weighted by Crippen LogP contribution is 2.29. The van der Waals surface area contributed by atoms with E-state index in [9.17, 15) is 0 Å². The minimum absolute atomic E-state index is 0.662. The fourth-order valence-electron chi connectivity index (χ4n) is 2.71. The molecule has 0 saturated carbocycles. The number of anilines is 1. The van der Waals surface area contributed by atoms with Gasteiger partial charge in [-0.15, -0.1) is 11.3 Å². The Labute approximate surface area is 127 Å². The number of thiazole rings is 1. The predicted octanol–water partition coefficient (Wildman–Crippen LogP) is 2.35. The second kappa shape index (κ2) is 7.38. The van der Waals surface area contributed by atoms with Gasteiger partial charge in [0.05, 0.1) is 5.69 Å². The summed E-state index contributed by atoms with van der Waals surface area (Å²) in [5, 5.41) is 4.65. The standard InChI is InChI=1S/C15H28N4S/c1-5-13-14(10-16-6-2)20-15(17-13)19-9-7-8-12(11-19)18(3)4/h12,16H,5-11H2,1-4H3. The number of piperidine rings is 1. The molecule has 1 fully saturated rings. The zero-order chi connectivity index (χ0) is 14.5. The molecule has 1 aromatic heterocycles. The lowest BCUT2D eigenvalue weighted by atomic mass is 10.1. The molecule has 0 aliphatic carbocycles. The third kappa shape index (κ3) is 3.71. The first kappa shape index (κ1) is 15.7. The SMILES string of the molecule is CCNCc1sc(N2CCCC(N(C)C)C2)nc1CC. The Morgan fingerprint density at radius 3 is 2.85 bits per heavy atom. The van der Waals surface area contributed by atoms with E-state index in [2.05, 4.69) is 43.1 Å². The third-order valence-electron chi connectivity index (χ3n) is 4.03. The zero-order valence-electron chi connectivity index (χ0n) is 13.3. The number of nitrogens with zero attached hydrogens (tertiary/aromatic N) is 3. The molecule has 2 heterocycles. The van der Waals surface area contributed by atoms with Crippen LogP contribution in [0.3, 0.4) is 0 Å². The van der Waals surface area contributed by atoms with Crippen LogP contribution in [0.4, 0.5) is 5.13 Å². The van der Waals surface area contributed by atoms with Crippen molar-refractivity contribution in [2.24, 2.45) is 0 Å². The molecule has 0 spiro atoms. The first-order valence-corrected chi connectivity index (χ1v) is 8.58. The third-order valence-corrected chi connectivity index (χ3v) is 5.19. The van der Waals surface area contributed by atoms with Crippen LogP contribution in [0.1, 0.15) is 37.3 Å². The summed E-state index contributed by atoms with van der Waals surface area (Å²) in [5.41, 5.74) is 1.28. The first-order valence-electron chi connectivity index (χ1n) is 7.76. The maximum Gasteiger partial charge on any atom is 0.185 e. The highest BCUT2D eigenvalue weighted by atomic mass is 32.1. The summed E-state index contributed by atoms with van der Waals surface area (Å²) in [4.78, 5) is 11.1. The second-order valence-electron chi connectivity index (χ2n) is 5.71. The number of nitrogens with one attached hydrogen (secondary N) is 1. The van der Waals surface area contributed by atoms with Gasteiger partial charge in [-0.3, -0.25) is 0 Å². The minimum Gasteiger partial charge on any atom is -0.347 e. The van der Waals surface area contributed by atoms with E-state index in [1.165, 1.54) is 28.5 Å². The van der Waals surface area contributed by atoms with Gasteiger partial charge in [-0.25, -0.2) is 4.98 Å². The summed E-state index contributed by atoms with van der Waals surface area (Å²) in [7, 11) is 4.37. The van der Waals surface area contributed by atoms with Gasteiger partial charge in [-0.1, -0.05) is 13.8 Å². The fraction of sp³-hybridized carbons (Fsp3) is 0.800. The first-order chi connectivity index (χ1) is 9.65. The van der Waals surface area contributed by atoms with E-state index in [4.69, 9.17) is 4.98 Å². The maximum absolute atomic E-state index is 4.88. The molecule has 0 aromatic carbocycles. The lowest BCUT2D eigenvalue weighted by Gasteiger charge is -2.35. The summed E-state index contributed by atoms with van der Waals surface area (Å²) in [6.07, 6.45) is 3.61. The molecule has 1 atom stereocenters. The van der Waals surface area contributed by atoms with Crippen molar-refractivity contribution in [2.75, 3.05) is 38.6 Å². The minimum atomic E-state index is 0.662. The fourth-order valence-corrected chi connectivity index (χ4v) is 3.86. The van der Waals surface area contributed by atoms with Crippen molar-refractivity contribution in [1.82, 2.24) is 15.2 Å². The average molecular weight is 296 g/mol. The molecule has 4 nitrogen and oxygen atoms in total. The Morgan fingerprint density at radius 2 is 2.20 bits per heavy atom. The van der Waals surface area contributed by atoms with Crippen LogP contribution in [0.5, 0.6) is 0 Å². The van der Waals surface area contributed by atoms with Gasteiger partial charge < -0.3 is 15.1 Å². The van der Waals surface area contributed by atoms with Crippen molar-refractivity contribution < 1.29 is 0 Å². The largest absolute Gasteiger partial charge is 0.347 e. The van der Waals surface area contributed by atoms with E-state index in [-0.39, 0.29) is 0 Å². The van der Waals surface area contributed by atoms with E-state index in [1.807, 2.05) is 11.3 Å². The van der Waals surface area contributed by atoms with Crippen LogP contribution >= 0.6 is 11.3 Å². The van der Waals surface area contributed by atoms with Crippen molar-refractivity contribution >= 4 is 16.5 Å². The van der Waals surface area contributed by atoms with Crippen LogP contribution in [0, 0.1) is 0 Å². The van der Waals surface area contributed by atoms with Gasteiger partial charge in [0.15, 0.2) is 5.13 Å². The van der Waals surface area contributed by atoms with Crippen molar-refractivity contribution in [2.45, 2.75) is 45.7 Å². The summed E-state index contributed by atoms with van der Waals surface area (Å²) in [6.45, 7) is 8.60. The van der Waals surface area contributed by atoms with Crippen LogP contribution in [0.25, 0.3) is 0 Å². The molecule has 0 amide bonds. The molecule has 5 heteroatoms. The summed E-state index contributed by atoms with van der Waals surface area (Å²) in [5.74, 6) is 0. The van der Waals surface area contributed by atoms with Gasteiger partial charge in [-0.2, -0.15) is 0 Å². The topological polar surface area (TPSA) is 31.4 Å². The van der Waals surface area contributed by atoms with Crippen molar-refractivity contribution in [3.8, 4) is 0 Å². The smallest absolute Gasteiger partial charge is 0.185 e. The highest BCUT2D eigenvalue weighted by Gasteiger charge is 2.24. The molecule has 114 valence electrons. The summed E-state index contributed by atoms with van der Waals surface area (Å²) >= 11 is 1.88. The van der Waals surface area contributed by atoms with Gasteiger partial charge in [0.2, 0.25) is 0 Å². The Hall–Kier alpha value is -0.650. The zero-order valence-corrected chi connectivity index (χ0v) is 14.1. The van der Waals surface area contributed by atoms with Gasteiger partial charge in [0.1, 0.15) is 0 Å². The molecule has 1 aliphatic heterocycles. The molecule has 2 rings (SSSR count). The van der Waals surface area contributed by atoms with Crippen LogP contribution < -0.4 is 10.2 Å². The second-order valence-corrected chi connectivity index (χ2v) is 6.77. The van der Waals surface area contributed by atoms with E-state index in [0.29, 0.717) is 6.04 Å². The van der Waals surface area contributed by atoms with Crippen molar-refractivity contribution in [3.05, 3.63) is 10.6 Å². The molecule has 1 unspecified atom stereocenters. The quantitative estimate of drug-likeness (QED) is 0.873. The Balaban J connectivity index is 2.09. The van der Waals surface area contributed by atoms with Crippen molar-refractivity contribution in [3.63, 3.8) is 0 Å². The molecule has 0 radical (unpaired) electrons. The average Bonchev–Trinajstić information content (AvgIpc) is 2.88. The molecular formula is C15H28N4S. The Morgan fingerprint density at radius 1 is 1.40 bits per heavy atom. The molecule has 1 aliphatic rings. The van der Waals surface area contributed by atoms with Crippen LogP contribution in [0.15, 0.2) is 0 Å². The van der Waals surface area contributed by atoms with Crippen LogP contribution in [0.2, 0.25) is 0 Å². The molecule has 1 aromatic rings. The Bertz CT molecular complexity index is 416. The highest BCUT2D eigenvalue weighted by molar-refractivity contribution is 7.15. The lowest BCUT2D eigenvalue weighted by molar-refractivity contribution is 0.258. The van der Waals surface area contributed by atoms with Crippen LogP contribution in [-0.4, -0.2) is 49.7 Å². The number of hydrogen-bond donors (Lipinski definition) is 1. The molecule has 1 saturated heterocycles. The van der Waals surface area contributed by atoms with Crippen LogP contribution in [-0.2, 0) is 13.0 Å². The Kier molecular flexibility index (Phi) is 5.81.